The number of anilines is 6. The summed E-state index contributed by atoms with van der Waals surface area (Å²) in [6, 6.07) is 30.7. The highest BCUT2D eigenvalue weighted by atomic mass is 35.5. The Labute approximate surface area is 405 Å². The van der Waals surface area contributed by atoms with E-state index >= 15 is 0 Å². The molecule has 0 spiro atoms. The zero-order chi connectivity index (χ0) is 48.6. The summed E-state index contributed by atoms with van der Waals surface area (Å²) >= 11 is 0. The molecular formula is C50H47ClF6N10O3. The van der Waals surface area contributed by atoms with Gasteiger partial charge in [-0.15, -0.1) is 12.4 Å². The number of halogens is 7. The lowest BCUT2D eigenvalue weighted by Crippen LogP contribution is -2.48. The molecule has 0 unspecified atom stereocenters. The van der Waals surface area contributed by atoms with Gasteiger partial charge in [0.2, 0.25) is 5.91 Å². The van der Waals surface area contributed by atoms with Gasteiger partial charge in [0, 0.05) is 68.7 Å². The largest absolute Gasteiger partial charge is 0.416 e. The minimum atomic E-state index is -4.46. The number of nitrogens with one attached hydrogen (secondary N) is 3. The summed E-state index contributed by atoms with van der Waals surface area (Å²) < 4.78 is 79.3. The van der Waals surface area contributed by atoms with E-state index in [1.54, 1.807) is 58.3 Å². The topological polar surface area (TPSA) is 152 Å². The number of urea groups is 2. The summed E-state index contributed by atoms with van der Waals surface area (Å²) in [5, 5.41) is 8.55. The molecule has 20 heteroatoms. The second-order valence-electron chi connectivity index (χ2n) is 17.1. The molecule has 5 N–H and O–H groups in total. The first kappa shape index (κ1) is 49.1. The molecule has 13 nitrogen and oxygen atoms in total. The van der Waals surface area contributed by atoms with Crippen molar-refractivity contribution in [2.45, 2.75) is 57.3 Å². The minimum Gasteiger partial charge on any atom is -0.366 e. The fourth-order valence-corrected chi connectivity index (χ4v) is 9.00. The maximum absolute atomic E-state index is 13.4. The highest BCUT2D eigenvalue weighted by molar-refractivity contribution is 6.06. The first-order valence-electron chi connectivity index (χ1n) is 22.2. The van der Waals surface area contributed by atoms with E-state index in [1.807, 2.05) is 36.4 Å². The van der Waals surface area contributed by atoms with Crippen LogP contribution in [0.1, 0.15) is 42.0 Å². The van der Waals surface area contributed by atoms with Gasteiger partial charge in [-0.3, -0.25) is 14.6 Å². The van der Waals surface area contributed by atoms with Crippen LogP contribution < -0.4 is 41.3 Å². The highest BCUT2D eigenvalue weighted by Gasteiger charge is 2.42. The third kappa shape index (κ3) is 10.4. The molecule has 4 bridgehead atoms. The van der Waals surface area contributed by atoms with E-state index < -0.39 is 23.5 Å². The third-order valence-corrected chi connectivity index (χ3v) is 12.5. The van der Waals surface area contributed by atoms with Crippen molar-refractivity contribution in [3.05, 3.63) is 144 Å². The lowest BCUT2D eigenvalue weighted by molar-refractivity contribution is -0.138. The predicted molar refractivity (Wildman–Crippen MR) is 259 cm³/mol. The second kappa shape index (κ2) is 19.9. The van der Waals surface area contributed by atoms with Gasteiger partial charge in [-0.1, -0.05) is 48.5 Å². The van der Waals surface area contributed by atoms with Crippen molar-refractivity contribution < 1.29 is 40.7 Å². The molecule has 4 aliphatic rings. The van der Waals surface area contributed by atoms with Crippen molar-refractivity contribution in [1.29, 1.82) is 0 Å². The molecule has 0 aliphatic carbocycles. The van der Waals surface area contributed by atoms with Crippen molar-refractivity contribution in [2.75, 3.05) is 56.4 Å². The van der Waals surface area contributed by atoms with Crippen LogP contribution >= 0.6 is 12.4 Å². The number of aromatic nitrogens is 2. The Morgan fingerprint density at radius 1 is 0.614 bits per heavy atom. The Kier molecular flexibility index (Phi) is 14.0. The summed E-state index contributed by atoms with van der Waals surface area (Å²) in [7, 11) is 0. The van der Waals surface area contributed by atoms with Gasteiger partial charge < -0.3 is 31.5 Å². The van der Waals surface area contributed by atoms with Gasteiger partial charge in [-0.05, 0) is 96.8 Å². The Hall–Kier alpha value is -7.38. The first-order chi connectivity index (χ1) is 33.0. The van der Waals surface area contributed by atoms with Gasteiger partial charge >= 0.3 is 24.4 Å². The molecule has 4 aromatic carbocycles. The molecule has 364 valence electrons. The zero-order valence-corrected chi connectivity index (χ0v) is 38.3. The average molecular weight is 985 g/mol. The van der Waals surface area contributed by atoms with Crippen LogP contribution in [0.15, 0.2) is 121 Å². The minimum absolute atomic E-state index is 0. The smallest absolute Gasteiger partial charge is 0.366 e. The molecule has 0 saturated carbocycles. The van der Waals surface area contributed by atoms with Gasteiger partial charge in [0.25, 0.3) is 0 Å². The normalized spacial score (nSPS) is 16.6. The van der Waals surface area contributed by atoms with Crippen molar-refractivity contribution in [3.8, 4) is 22.5 Å². The molecule has 2 saturated heterocycles. The Balaban J connectivity index is 0.000000186. The molecule has 6 heterocycles. The number of nitrogens with zero attached hydrogens (tertiary/aromatic N) is 6. The van der Waals surface area contributed by atoms with Gasteiger partial charge in [0.05, 0.1) is 46.0 Å². The number of rotatable bonds is 7. The number of amides is 5. The van der Waals surface area contributed by atoms with Crippen LogP contribution in [-0.4, -0.2) is 66.2 Å². The molecule has 70 heavy (non-hydrogen) atoms. The molecule has 4 aliphatic heterocycles. The number of hydrogen-bond acceptors (Lipinski definition) is 8. The van der Waals surface area contributed by atoms with E-state index in [9.17, 15) is 40.7 Å². The number of carbonyl (C=O) groups excluding carboxylic acids is 3. The number of benzene rings is 4. The van der Waals surface area contributed by atoms with Crippen LogP contribution in [0.2, 0.25) is 0 Å². The van der Waals surface area contributed by atoms with E-state index in [1.165, 1.54) is 19.1 Å². The number of alkyl halides is 6. The molecule has 2 atom stereocenters. The highest BCUT2D eigenvalue weighted by Crippen LogP contribution is 2.43. The summed E-state index contributed by atoms with van der Waals surface area (Å²) in [6.45, 7) is 5.16. The molecule has 2 aromatic heterocycles. The van der Waals surface area contributed by atoms with Gasteiger partial charge in [0.1, 0.15) is 0 Å². The molecule has 2 fully saturated rings. The maximum atomic E-state index is 13.4. The van der Waals surface area contributed by atoms with Crippen LogP contribution in [0.5, 0.6) is 0 Å². The average Bonchev–Trinajstić information content (AvgIpc) is 3.96. The SMILES string of the molecule is CC(=O)NCc1ccc(NC(=O)N2c3nc(-c4cccc(C(F)(F)F)c4)ccc3N3CC[C@H]2C3)cc1.Cl.NCc1ccc(NC(=O)N2c3nc(-c4cccc(C(F)(F)F)c4)ccc3N3CC[C@H]2C3)cc1. The van der Waals surface area contributed by atoms with Crippen LogP contribution in [0.4, 0.5) is 70.3 Å². The molecule has 5 amide bonds. The van der Waals surface area contributed by atoms with Gasteiger partial charge in [-0.2, -0.15) is 26.3 Å². The molecule has 0 radical (unpaired) electrons. The van der Waals surface area contributed by atoms with Crippen molar-refractivity contribution in [3.63, 3.8) is 0 Å². The molecular weight excluding hydrogens is 938 g/mol. The number of pyridine rings is 2. The Morgan fingerprint density at radius 2 is 1.04 bits per heavy atom. The quantitative estimate of drug-likeness (QED) is 0.115. The van der Waals surface area contributed by atoms with E-state index in [-0.39, 0.29) is 42.5 Å². The van der Waals surface area contributed by atoms with E-state index in [4.69, 9.17) is 5.73 Å². The Morgan fingerprint density at radius 3 is 1.44 bits per heavy atom. The fraction of sp³-hybridized carbons (Fsp3) is 0.260. The standard InChI is InChI=1S/C26H24F3N5O2.C24H22F3N5O.ClH/c1-16(35)30-14-17-5-7-20(8-6-17)31-25(36)34-21-11-12-33(15-21)23-10-9-22(32-24(23)34)18-3-2-4-19(13-18)26(27,28)29;25-24(26,27)17-3-1-2-16(12-17)20-8-9-21-22(30-20)32(19-10-11-31(21)14-19)23(33)29-18-6-4-15(13-28)5-7-18;/h2-10,13,21H,11-12,14-15H2,1H3,(H,30,35)(H,31,36);1-9,12,19H,10-11,13-14,28H2,(H,29,33);1H/t21-;19-;/m00./s1. The fourth-order valence-electron chi connectivity index (χ4n) is 9.00. The maximum Gasteiger partial charge on any atom is 0.416 e. The lowest BCUT2D eigenvalue weighted by atomic mass is 10.1. The number of fused-ring (bicyclic) bond motifs is 8. The number of nitrogens with two attached hydrogens (primary N) is 1. The van der Waals surface area contributed by atoms with Crippen LogP contribution in [0.3, 0.4) is 0 Å². The van der Waals surface area contributed by atoms with E-state index in [0.717, 1.165) is 72.7 Å². The van der Waals surface area contributed by atoms with Crippen LogP contribution in [0.25, 0.3) is 22.5 Å². The third-order valence-electron chi connectivity index (χ3n) is 12.5. The van der Waals surface area contributed by atoms with Crippen LogP contribution in [0, 0.1) is 0 Å². The number of carbonyl (C=O) groups is 3. The van der Waals surface area contributed by atoms with Crippen molar-refractivity contribution in [1.82, 2.24) is 15.3 Å². The van der Waals surface area contributed by atoms with E-state index in [2.05, 4.69) is 35.7 Å². The van der Waals surface area contributed by atoms with Crippen molar-refractivity contribution >= 4 is 64.8 Å². The number of hydrogen-bond donors (Lipinski definition) is 4. The van der Waals surface area contributed by atoms with Gasteiger partial charge in [0.15, 0.2) is 11.6 Å². The van der Waals surface area contributed by atoms with E-state index in [0.29, 0.717) is 71.7 Å². The monoisotopic (exact) mass is 984 g/mol. The predicted octanol–water partition coefficient (Wildman–Crippen LogP) is 10.3. The summed E-state index contributed by atoms with van der Waals surface area (Å²) in [5.74, 6) is 0.756. The molecule has 6 aromatic rings. The summed E-state index contributed by atoms with van der Waals surface area (Å²) in [4.78, 5) is 54.7. The zero-order valence-electron chi connectivity index (χ0n) is 37.5. The first-order valence-corrected chi connectivity index (χ1v) is 22.2. The van der Waals surface area contributed by atoms with Crippen molar-refractivity contribution in [2.24, 2.45) is 5.73 Å². The van der Waals surface area contributed by atoms with Crippen LogP contribution in [-0.2, 0) is 30.2 Å². The second-order valence-corrected chi connectivity index (χ2v) is 17.1. The Bertz CT molecular complexity index is 2900. The lowest BCUT2D eigenvalue weighted by Gasteiger charge is -2.36. The summed E-state index contributed by atoms with van der Waals surface area (Å²) in [6.07, 6.45) is -7.36. The molecule has 10 rings (SSSR count). The van der Waals surface area contributed by atoms with Gasteiger partial charge in [-0.25, -0.2) is 19.6 Å². The summed E-state index contributed by atoms with van der Waals surface area (Å²) in [5.41, 5.74) is 10.2.